The van der Waals surface area contributed by atoms with Crippen LogP contribution >= 0.6 is 23.2 Å². The predicted octanol–water partition coefficient (Wildman–Crippen LogP) is 3.28. The van der Waals surface area contributed by atoms with Gasteiger partial charge in [-0.1, -0.05) is 29.3 Å². The van der Waals surface area contributed by atoms with Crippen molar-refractivity contribution in [1.82, 2.24) is 4.90 Å². The zero-order chi connectivity index (χ0) is 17.9. The Morgan fingerprint density at radius 1 is 1.00 bits per heavy atom. The van der Waals surface area contributed by atoms with Crippen LogP contribution in [0.5, 0.6) is 0 Å². The SMILES string of the molecule is CN(C)C(=O)CN(c1cccc(Cl)c1)S(=O)(=O)c1ccc(Cl)cc1. The molecule has 0 aromatic heterocycles. The normalized spacial score (nSPS) is 11.2. The molecule has 0 spiro atoms. The second-order valence-electron chi connectivity index (χ2n) is 5.23. The van der Waals surface area contributed by atoms with Gasteiger partial charge in [0.2, 0.25) is 5.91 Å². The van der Waals surface area contributed by atoms with E-state index < -0.39 is 10.0 Å². The molecule has 2 aromatic rings. The average Bonchev–Trinajstić information content (AvgIpc) is 2.52. The Hall–Kier alpha value is -1.76. The van der Waals surface area contributed by atoms with Gasteiger partial charge in [0.15, 0.2) is 0 Å². The van der Waals surface area contributed by atoms with Gasteiger partial charge in [-0.3, -0.25) is 9.10 Å². The summed E-state index contributed by atoms with van der Waals surface area (Å²) in [5.74, 6) is -0.354. The van der Waals surface area contributed by atoms with Gasteiger partial charge in [0, 0.05) is 24.1 Å². The van der Waals surface area contributed by atoms with E-state index in [0.717, 1.165) is 4.31 Å². The molecular formula is C16H16Cl2N2O3S. The van der Waals surface area contributed by atoms with Gasteiger partial charge < -0.3 is 4.90 Å². The molecule has 0 aliphatic rings. The van der Waals surface area contributed by atoms with Crippen LogP contribution in [-0.2, 0) is 14.8 Å². The minimum Gasteiger partial charge on any atom is -0.347 e. The maximum Gasteiger partial charge on any atom is 0.264 e. The zero-order valence-corrected chi connectivity index (χ0v) is 15.4. The fourth-order valence-corrected chi connectivity index (χ4v) is 3.66. The molecule has 0 saturated heterocycles. The van der Waals surface area contributed by atoms with Crippen molar-refractivity contribution in [3.05, 3.63) is 58.6 Å². The molecule has 8 heteroatoms. The molecule has 2 aromatic carbocycles. The number of carbonyl (C=O) groups excluding carboxylic acids is 1. The molecule has 0 heterocycles. The van der Waals surface area contributed by atoms with Gasteiger partial charge in [0.05, 0.1) is 10.6 Å². The molecule has 0 atom stereocenters. The largest absolute Gasteiger partial charge is 0.347 e. The van der Waals surface area contributed by atoms with E-state index in [9.17, 15) is 13.2 Å². The highest BCUT2D eigenvalue weighted by Gasteiger charge is 2.27. The van der Waals surface area contributed by atoms with E-state index in [1.807, 2.05) is 0 Å². The average molecular weight is 387 g/mol. The topological polar surface area (TPSA) is 57.7 Å². The second kappa shape index (κ2) is 7.42. The van der Waals surface area contributed by atoms with Crippen LogP contribution < -0.4 is 4.31 Å². The Kier molecular flexibility index (Phi) is 5.74. The quantitative estimate of drug-likeness (QED) is 0.791. The monoisotopic (exact) mass is 386 g/mol. The number of halogens is 2. The molecule has 0 N–H and O–H groups in total. The first-order chi connectivity index (χ1) is 11.2. The summed E-state index contributed by atoms with van der Waals surface area (Å²) in [7, 11) is -0.822. The predicted molar refractivity (Wildman–Crippen MR) is 96.1 cm³/mol. The number of likely N-dealkylation sites (N-methyl/N-ethyl adjacent to an activating group) is 1. The molecule has 2 rings (SSSR count). The van der Waals surface area contributed by atoms with Crippen LogP contribution in [-0.4, -0.2) is 39.9 Å². The van der Waals surface area contributed by atoms with E-state index in [2.05, 4.69) is 0 Å². The first kappa shape index (κ1) is 18.6. The lowest BCUT2D eigenvalue weighted by atomic mass is 10.3. The third-order valence-corrected chi connectivity index (χ3v) is 5.55. The molecule has 0 fully saturated rings. The third kappa shape index (κ3) is 4.20. The van der Waals surface area contributed by atoms with Crippen LogP contribution in [0.4, 0.5) is 5.69 Å². The summed E-state index contributed by atoms with van der Waals surface area (Å²) >= 11 is 11.8. The highest BCUT2D eigenvalue weighted by Crippen LogP contribution is 2.26. The summed E-state index contributed by atoms with van der Waals surface area (Å²) in [6, 6.07) is 12.1. The molecule has 1 amide bonds. The standard InChI is InChI=1S/C16H16Cl2N2O3S/c1-19(2)16(21)11-20(14-5-3-4-13(18)10-14)24(22,23)15-8-6-12(17)7-9-15/h3-10H,11H2,1-2H3. The van der Waals surface area contributed by atoms with E-state index in [-0.39, 0.29) is 17.3 Å². The number of benzene rings is 2. The van der Waals surface area contributed by atoms with Crippen molar-refractivity contribution >= 4 is 44.8 Å². The van der Waals surface area contributed by atoms with Crippen molar-refractivity contribution in [2.45, 2.75) is 4.90 Å². The Balaban J connectivity index is 2.52. The summed E-state index contributed by atoms with van der Waals surface area (Å²) in [4.78, 5) is 13.5. The van der Waals surface area contributed by atoms with Gasteiger partial charge in [-0.25, -0.2) is 8.42 Å². The van der Waals surface area contributed by atoms with Crippen LogP contribution in [0, 0.1) is 0 Å². The number of carbonyl (C=O) groups is 1. The van der Waals surface area contributed by atoms with Crippen molar-refractivity contribution in [3.8, 4) is 0 Å². The molecule has 0 aliphatic heterocycles. The van der Waals surface area contributed by atoms with Crippen LogP contribution in [0.2, 0.25) is 10.0 Å². The summed E-state index contributed by atoms with van der Waals surface area (Å²) < 4.78 is 27.0. The number of rotatable bonds is 5. The summed E-state index contributed by atoms with van der Waals surface area (Å²) in [6.07, 6.45) is 0. The van der Waals surface area contributed by atoms with Gasteiger partial charge in [-0.05, 0) is 42.5 Å². The fraction of sp³-hybridized carbons (Fsp3) is 0.188. The summed E-state index contributed by atoms with van der Waals surface area (Å²) in [5, 5.41) is 0.800. The summed E-state index contributed by atoms with van der Waals surface area (Å²) in [5.41, 5.74) is 0.313. The van der Waals surface area contributed by atoms with E-state index in [1.54, 1.807) is 32.3 Å². The lowest BCUT2D eigenvalue weighted by Gasteiger charge is -2.25. The third-order valence-electron chi connectivity index (χ3n) is 3.28. The number of hydrogen-bond acceptors (Lipinski definition) is 3. The van der Waals surface area contributed by atoms with E-state index in [1.165, 1.54) is 35.2 Å². The Bertz CT molecular complexity index is 837. The number of sulfonamides is 1. The van der Waals surface area contributed by atoms with Crippen molar-refractivity contribution in [3.63, 3.8) is 0 Å². The molecule has 0 radical (unpaired) electrons. The Labute approximate surface area is 151 Å². The van der Waals surface area contributed by atoms with E-state index in [0.29, 0.717) is 15.7 Å². The van der Waals surface area contributed by atoms with Gasteiger partial charge in [-0.15, -0.1) is 0 Å². The lowest BCUT2D eigenvalue weighted by molar-refractivity contribution is -0.127. The Morgan fingerprint density at radius 3 is 2.17 bits per heavy atom. The summed E-state index contributed by atoms with van der Waals surface area (Å²) in [6.45, 7) is -0.335. The first-order valence-corrected chi connectivity index (χ1v) is 9.15. The van der Waals surface area contributed by atoms with Crippen LogP contribution in [0.15, 0.2) is 53.4 Å². The minimum absolute atomic E-state index is 0.0402. The molecule has 0 aliphatic carbocycles. The maximum atomic E-state index is 13.0. The highest BCUT2D eigenvalue weighted by molar-refractivity contribution is 7.92. The van der Waals surface area contributed by atoms with Crippen LogP contribution in [0.1, 0.15) is 0 Å². The van der Waals surface area contributed by atoms with Gasteiger partial charge in [0.25, 0.3) is 10.0 Å². The van der Waals surface area contributed by atoms with Gasteiger partial charge in [-0.2, -0.15) is 0 Å². The molecule has 5 nitrogen and oxygen atoms in total. The molecule has 128 valence electrons. The van der Waals surface area contributed by atoms with Gasteiger partial charge >= 0.3 is 0 Å². The van der Waals surface area contributed by atoms with Gasteiger partial charge in [0.1, 0.15) is 6.54 Å². The molecular weight excluding hydrogens is 371 g/mol. The smallest absolute Gasteiger partial charge is 0.264 e. The van der Waals surface area contributed by atoms with Crippen LogP contribution in [0.3, 0.4) is 0 Å². The number of anilines is 1. The minimum atomic E-state index is -3.95. The zero-order valence-electron chi connectivity index (χ0n) is 13.1. The fourth-order valence-electron chi connectivity index (χ4n) is 1.94. The number of amides is 1. The molecule has 0 bridgehead atoms. The molecule has 0 unspecified atom stereocenters. The first-order valence-electron chi connectivity index (χ1n) is 6.96. The van der Waals surface area contributed by atoms with Crippen molar-refractivity contribution in [2.75, 3.05) is 24.9 Å². The van der Waals surface area contributed by atoms with Crippen LogP contribution in [0.25, 0.3) is 0 Å². The number of hydrogen-bond donors (Lipinski definition) is 0. The van der Waals surface area contributed by atoms with Crippen molar-refractivity contribution < 1.29 is 13.2 Å². The number of nitrogens with zero attached hydrogens (tertiary/aromatic N) is 2. The lowest BCUT2D eigenvalue weighted by Crippen LogP contribution is -2.40. The Morgan fingerprint density at radius 2 is 1.62 bits per heavy atom. The van der Waals surface area contributed by atoms with Crippen molar-refractivity contribution in [1.29, 1.82) is 0 Å². The highest BCUT2D eigenvalue weighted by atomic mass is 35.5. The molecule has 24 heavy (non-hydrogen) atoms. The maximum absolute atomic E-state index is 13.0. The van der Waals surface area contributed by atoms with E-state index >= 15 is 0 Å². The van der Waals surface area contributed by atoms with E-state index in [4.69, 9.17) is 23.2 Å². The van der Waals surface area contributed by atoms with Crippen molar-refractivity contribution in [2.24, 2.45) is 0 Å². The molecule has 0 saturated carbocycles. The second-order valence-corrected chi connectivity index (χ2v) is 7.97.